The molecule has 0 aliphatic rings. The molecule has 3 aromatic carbocycles. The number of aromatic hydroxyl groups is 1. The number of nitrogens with zero attached hydrogens (tertiary/aromatic N) is 2. The molecule has 0 saturated heterocycles. The summed E-state index contributed by atoms with van der Waals surface area (Å²) in [7, 11) is 1.27. The Kier molecular flexibility index (Phi) is 5.25. The number of hydrogen-bond donors (Lipinski definition) is 1. The van der Waals surface area contributed by atoms with Gasteiger partial charge in [-0.25, -0.2) is 0 Å². The van der Waals surface area contributed by atoms with E-state index in [0.717, 1.165) is 5.56 Å². The summed E-state index contributed by atoms with van der Waals surface area (Å²) in [5, 5.41) is 16.5. The molecule has 0 heterocycles. The highest BCUT2D eigenvalue weighted by atomic mass is 31.1. The predicted octanol–water partition coefficient (Wildman–Crippen LogP) is 3.71. The van der Waals surface area contributed by atoms with Crippen molar-refractivity contribution in [2.45, 2.75) is 0 Å². The third kappa shape index (κ3) is 4.01. The van der Waals surface area contributed by atoms with Crippen LogP contribution in [0.25, 0.3) is 0 Å². The van der Waals surface area contributed by atoms with E-state index >= 15 is 0 Å². The molecule has 0 spiro atoms. The molecule has 0 fully saturated rings. The van der Waals surface area contributed by atoms with E-state index in [4.69, 9.17) is 0 Å². The monoisotopic (exact) mass is 334 g/mol. The first kappa shape index (κ1) is 16.2. The second-order valence-electron chi connectivity index (χ2n) is 5.31. The average molecular weight is 334 g/mol. The largest absolute Gasteiger partial charge is 0.508 e. The number of phenolic OH excluding ortho intramolecular Hbond substituents is 1. The molecule has 0 saturated carbocycles. The van der Waals surface area contributed by atoms with Gasteiger partial charge in [-0.05, 0) is 29.8 Å². The van der Waals surface area contributed by atoms with Gasteiger partial charge < -0.3 is 5.11 Å². The molecule has 1 N–H and O–H groups in total. The fourth-order valence-electron chi connectivity index (χ4n) is 2.38. The smallest absolute Gasteiger partial charge is 0.115 e. The maximum Gasteiger partial charge on any atom is 0.115 e. The highest BCUT2D eigenvalue weighted by molar-refractivity contribution is 7.70. The Balaban J connectivity index is 1.89. The zero-order valence-electron chi connectivity index (χ0n) is 13.4. The van der Waals surface area contributed by atoms with Crippen LogP contribution < -0.4 is 10.6 Å². The topological polar surface area (TPSA) is 35.8 Å². The first-order valence-corrected chi connectivity index (χ1v) is 9.00. The number of phenols is 1. The molecular formula is C20H19N2OP. The maximum atomic E-state index is 9.37. The molecular weight excluding hydrogens is 315 g/mol. The second-order valence-corrected chi connectivity index (χ2v) is 7.54. The summed E-state index contributed by atoms with van der Waals surface area (Å²) in [6.07, 6.45) is 1.82. The van der Waals surface area contributed by atoms with Crippen molar-refractivity contribution in [3.8, 4) is 5.75 Å². The molecule has 4 heteroatoms. The van der Waals surface area contributed by atoms with E-state index < -0.39 is 8.07 Å². The van der Waals surface area contributed by atoms with Crippen LogP contribution in [0.4, 0.5) is 0 Å². The van der Waals surface area contributed by atoms with Gasteiger partial charge in [-0.3, -0.25) is 4.78 Å². The highest BCUT2D eigenvalue weighted by Gasteiger charge is 2.17. The lowest BCUT2D eigenvalue weighted by molar-refractivity contribution is 0.475. The van der Waals surface area contributed by atoms with Crippen LogP contribution in [0.1, 0.15) is 5.56 Å². The molecule has 3 nitrogen and oxygen atoms in total. The standard InChI is InChI=1S/C20H19N2OP/c1-22(21-16-17-12-14-18(23)15-13-17)24(19-8-4-2-5-9-19)20-10-6-3-7-11-20/h2-16,23H,1H3/b21-16-. The SMILES string of the molecule is CN(/N=C\c1ccc(O)cc1)P(c1ccccc1)c1ccccc1. The van der Waals surface area contributed by atoms with E-state index in [2.05, 4.69) is 53.6 Å². The summed E-state index contributed by atoms with van der Waals surface area (Å²) in [5.74, 6) is 0.260. The Morgan fingerprint density at radius 1 is 0.792 bits per heavy atom. The van der Waals surface area contributed by atoms with Gasteiger partial charge >= 0.3 is 0 Å². The van der Waals surface area contributed by atoms with Crippen LogP contribution >= 0.6 is 8.07 Å². The van der Waals surface area contributed by atoms with Gasteiger partial charge in [0.15, 0.2) is 0 Å². The van der Waals surface area contributed by atoms with Crippen LogP contribution in [0.2, 0.25) is 0 Å². The fraction of sp³-hybridized carbons (Fsp3) is 0.0500. The minimum atomic E-state index is -0.729. The molecule has 3 aromatic rings. The van der Waals surface area contributed by atoms with Gasteiger partial charge in [-0.15, -0.1) is 0 Å². The predicted molar refractivity (Wildman–Crippen MR) is 103 cm³/mol. The molecule has 0 aliphatic carbocycles. The molecule has 0 aromatic heterocycles. The molecule has 0 amide bonds. The van der Waals surface area contributed by atoms with Crippen molar-refractivity contribution in [3.05, 3.63) is 90.5 Å². The lowest BCUT2D eigenvalue weighted by atomic mass is 10.2. The van der Waals surface area contributed by atoms with Crippen molar-refractivity contribution in [2.24, 2.45) is 5.10 Å². The van der Waals surface area contributed by atoms with Crippen LogP contribution in [-0.2, 0) is 0 Å². The number of hydrogen-bond acceptors (Lipinski definition) is 3. The Labute approximate surface area is 143 Å². The third-order valence-electron chi connectivity index (χ3n) is 3.56. The molecule has 0 unspecified atom stereocenters. The molecule has 120 valence electrons. The Bertz CT molecular complexity index is 749. The van der Waals surface area contributed by atoms with E-state index in [1.807, 2.05) is 42.3 Å². The summed E-state index contributed by atoms with van der Waals surface area (Å²) < 4.78 is 2.02. The van der Waals surface area contributed by atoms with Gasteiger partial charge in [-0.2, -0.15) is 5.10 Å². The maximum absolute atomic E-state index is 9.37. The van der Waals surface area contributed by atoms with Crippen molar-refractivity contribution < 1.29 is 5.11 Å². The minimum absolute atomic E-state index is 0.260. The molecule has 0 bridgehead atoms. The third-order valence-corrected chi connectivity index (χ3v) is 5.81. The quantitative estimate of drug-likeness (QED) is 0.439. The van der Waals surface area contributed by atoms with E-state index in [0.29, 0.717) is 0 Å². The van der Waals surface area contributed by atoms with Crippen LogP contribution in [0.15, 0.2) is 90.0 Å². The van der Waals surface area contributed by atoms with Crippen molar-refractivity contribution in [3.63, 3.8) is 0 Å². The zero-order valence-corrected chi connectivity index (χ0v) is 14.3. The van der Waals surface area contributed by atoms with Gasteiger partial charge in [0.2, 0.25) is 0 Å². The van der Waals surface area contributed by atoms with Gasteiger partial charge in [-0.1, -0.05) is 60.7 Å². The van der Waals surface area contributed by atoms with Gasteiger partial charge in [0.1, 0.15) is 5.75 Å². The van der Waals surface area contributed by atoms with Crippen molar-refractivity contribution >= 4 is 24.9 Å². The highest BCUT2D eigenvalue weighted by Crippen LogP contribution is 2.37. The number of hydrazone groups is 1. The molecule has 0 atom stereocenters. The van der Waals surface area contributed by atoms with Crippen LogP contribution in [0, 0.1) is 0 Å². The normalized spacial score (nSPS) is 11.1. The molecule has 0 radical (unpaired) electrons. The summed E-state index contributed by atoms with van der Waals surface area (Å²) in [5.41, 5.74) is 0.954. The summed E-state index contributed by atoms with van der Waals surface area (Å²) >= 11 is 0. The van der Waals surface area contributed by atoms with E-state index in [-0.39, 0.29) is 5.75 Å². The molecule has 24 heavy (non-hydrogen) atoms. The fourth-order valence-corrected chi connectivity index (χ4v) is 4.41. The Hall–Kier alpha value is -2.64. The number of benzene rings is 3. The van der Waals surface area contributed by atoms with E-state index in [9.17, 15) is 5.11 Å². The van der Waals surface area contributed by atoms with E-state index in [1.54, 1.807) is 12.1 Å². The average Bonchev–Trinajstić information content (AvgIpc) is 2.63. The molecule has 3 rings (SSSR count). The first-order valence-electron chi connectivity index (χ1n) is 7.71. The van der Waals surface area contributed by atoms with Gasteiger partial charge in [0, 0.05) is 17.7 Å². The summed E-state index contributed by atoms with van der Waals surface area (Å²) in [6, 6.07) is 27.9. The van der Waals surface area contributed by atoms with Crippen LogP contribution in [-0.4, -0.2) is 23.1 Å². The summed E-state index contributed by atoms with van der Waals surface area (Å²) in [4.78, 5) is 0. The first-order chi connectivity index (χ1) is 11.7. The van der Waals surface area contributed by atoms with Crippen molar-refractivity contribution in [1.82, 2.24) is 4.78 Å². The van der Waals surface area contributed by atoms with Crippen LogP contribution in [0.3, 0.4) is 0 Å². The van der Waals surface area contributed by atoms with Crippen LogP contribution in [0.5, 0.6) is 5.75 Å². The Morgan fingerprint density at radius 3 is 1.79 bits per heavy atom. The summed E-state index contributed by atoms with van der Waals surface area (Å²) in [6.45, 7) is 0. The molecule has 0 aliphatic heterocycles. The van der Waals surface area contributed by atoms with Gasteiger partial charge in [0.25, 0.3) is 0 Å². The zero-order chi connectivity index (χ0) is 16.8. The number of rotatable bonds is 5. The minimum Gasteiger partial charge on any atom is -0.508 e. The van der Waals surface area contributed by atoms with Crippen molar-refractivity contribution in [2.75, 3.05) is 7.05 Å². The second kappa shape index (κ2) is 7.76. The van der Waals surface area contributed by atoms with Gasteiger partial charge in [0.05, 0.1) is 14.3 Å². The van der Waals surface area contributed by atoms with E-state index in [1.165, 1.54) is 10.6 Å². The lowest BCUT2D eigenvalue weighted by Crippen LogP contribution is -2.22. The van der Waals surface area contributed by atoms with Crippen molar-refractivity contribution in [1.29, 1.82) is 0 Å². The Morgan fingerprint density at radius 2 is 1.29 bits per heavy atom. The lowest BCUT2D eigenvalue weighted by Gasteiger charge is -2.26.